The summed E-state index contributed by atoms with van der Waals surface area (Å²) < 4.78 is 26.8. The van der Waals surface area contributed by atoms with Gasteiger partial charge in [0.05, 0.1) is 17.5 Å². The summed E-state index contributed by atoms with van der Waals surface area (Å²) in [5.74, 6) is 0. The van der Waals surface area contributed by atoms with Gasteiger partial charge in [0.2, 0.25) is 9.05 Å². The third-order valence-corrected chi connectivity index (χ3v) is 5.48. The highest BCUT2D eigenvalue weighted by Gasteiger charge is 2.54. The van der Waals surface area contributed by atoms with Gasteiger partial charge in [-0.1, -0.05) is 13.3 Å². The summed E-state index contributed by atoms with van der Waals surface area (Å²) in [6, 6.07) is 0. The molecule has 1 aliphatic rings. The number of rotatable bonds is 8. The molecule has 0 radical (unpaired) electrons. The molecule has 0 saturated heterocycles. The molecule has 0 aromatic carbocycles. The fourth-order valence-electron chi connectivity index (χ4n) is 1.64. The molecule has 0 aromatic heterocycles. The first kappa shape index (κ1) is 14.2. The van der Waals surface area contributed by atoms with Crippen LogP contribution in [0, 0.1) is 0 Å². The van der Waals surface area contributed by atoms with Crippen molar-refractivity contribution in [2.24, 2.45) is 0 Å². The van der Waals surface area contributed by atoms with E-state index in [-0.39, 0.29) is 13.0 Å². The fourth-order valence-corrected chi connectivity index (χ4v) is 3.27. The Kier molecular flexibility index (Phi) is 5.04. The number of ether oxygens (including phenoxy) is 1. The van der Waals surface area contributed by atoms with E-state index in [0.29, 0.717) is 19.4 Å². The van der Waals surface area contributed by atoms with E-state index in [9.17, 15) is 13.5 Å². The Morgan fingerprint density at radius 1 is 1.50 bits per heavy atom. The summed E-state index contributed by atoms with van der Waals surface area (Å²) in [5.41, 5.74) is 0. The van der Waals surface area contributed by atoms with Gasteiger partial charge >= 0.3 is 0 Å². The second-order valence-electron chi connectivity index (χ2n) is 4.41. The molecule has 0 aromatic rings. The van der Waals surface area contributed by atoms with Crippen LogP contribution in [-0.2, 0) is 13.8 Å². The highest BCUT2D eigenvalue weighted by Crippen LogP contribution is 2.49. The zero-order valence-corrected chi connectivity index (χ0v) is 11.1. The summed E-state index contributed by atoms with van der Waals surface area (Å²) in [5, 5.41) is 9.64. The van der Waals surface area contributed by atoms with Crippen molar-refractivity contribution in [3.05, 3.63) is 0 Å². The third-order valence-electron chi connectivity index (χ3n) is 2.88. The van der Waals surface area contributed by atoms with Crippen molar-refractivity contribution in [1.29, 1.82) is 0 Å². The third kappa shape index (κ3) is 3.87. The van der Waals surface area contributed by atoms with Gasteiger partial charge in [-0.3, -0.25) is 0 Å². The molecule has 1 atom stereocenters. The molecule has 0 bridgehead atoms. The summed E-state index contributed by atoms with van der Waals surface area (Å²) in [6.07, 6.45) is 2.52. The van der Waals surface area contributed by atoms with Gasteiger partial charge in [-0.05, 0) is 25.7 Å². The predicted molar refractivity (Wildman–Crippen MR) is 63.1 cm³/mol. The average molecular weight is 271 g/mol. The zero-order valence-electron chi connectivity index (χ0n) is 9.49. The average Bonchev–Trinajstić information content (AvgIpc) is 2.92. The molecule has 0 spiro atoms. The lowest BCUT2D eigenvalue weighted by Gasteiger charge is -2.16. The van der Waals surface area contributed by atoms with Crippen molar-refractivity contribution in [3.8, 4) is 0 Å². The first-order valence-electron chi connectivity index (χ1n) is 5.61. The molecule has 1 saturated carbocycles. The van der Waals surface area contributed by atoms with Gasteiger partial charge in [-0.2, -0.15) is 0 Å². The van der Waals surface area contributed by atoms with E-state index < -0.39 is 19.9 Å². The highest BCUT2D eigenvalue weighted by atomic mass is 35.7. The first-order valence-corrected chi connectivity index (χ1v) is 7.92. The second-order valence-corrected chi connectivity index (χ2v) is 7.37. The number of hydrogen-bond donors (Lipinski definition) is 1. The summed E-state index contributed by atoms with van der Waals surface area (Å²) in [6.45, 7) is 2.85. The van der Waals surface area contributed by atoms with Gasteiger partial charge in [0, 0.05) is 17.3 Å². The van der Waals surface area contributed by atoms with Gasteiger partial charge in [-0.15, -0.1) is 0 Å². The molecule has 1 unspecified atom stereocenters. The van der Waals surface area contributed by atoms with Crippen LogP contribution in [0.2, 0.25) is 0 Å². The molecule has 16 heavy (non-hydrogen) atoms. The van der Waals surface area contributed by atoms with Crippen molar-refractivity contribution in [1.82, 2.24) is 0 Å². The molecule has 96 valence electrons. The topological polar surface area (TPSA) is 63.6 Å². The normalized spacial score (nSPS) is 20.7. The van der Waals surface area contributed by atoms with Crippen LogP contribution >= 0.6 is 10.7 Å². The smallest absolute Gasteiger partial charge is 0.238 e. The van der Waals surface area contributed by atoms with Gasteiger partial charge in [-0.25, -0.2) is 8.42 Å². The van der Waals surface area contributed by atoms with Crippen LogP contribution < -0.4 is 0 Å². The summed E-state index contributed by atoms with van der Waals surface area (Å²) in [7, 11) is 1.77. The quantitative estimate of drug-likeness (QED) is 0.538. The molecular formula is C10H19ClO4S. The lowest BCUT2D eigenvalue weighted by atomic mass is 10.2. The Bertz CT molecular complexity index is 311. The number of aliphatic hydroxyl groups is 1. The molecular weight excluding hydrogens is 252 g/mol. The van der Waals surface area contributed by atoms with Crippen LogP contribution in [0.5, 0.6) is 0 Å². The Balaban J connectivity index is 2.27. The Morgan fingerprint density at radius 3 is 2.56 bits per heavy atom. The van der Waals surface area contributed by atoms with E-state index in [0.717, 1.165) is 12.8 Å². The van der Waals surface area contributed by atoms with Crippen LogP contribution in [0.3, 0.4) is 0 Å². The first-order chi connectivity index (χ1) is 7.41. The second kappa shape index (κ2) is 5.67. The zero-order chi connectivity index (χ0) is 12.2. The molecule has 1 N–H and O–H groups in total. The van der Waals surface area contributed by atoms with E-state index in [2.05, 4.69) is 6.92 Å². The number of hydrogen-bond acceptors (Lipinski definition) is 4. The van der Waals surface area contributed by atoms with Gasteiger partial charge in [0.15, 0.2) is 0 Å². The maximum Gasteiger partial charge on any atom is 0.238 e. The Hall–Kier alpha value is 0.160. The SMILES string of the molecule is CCCCOCC(O)CC1(S(=O)(=O)Cl)CC1. The van der Waals surface area contributed by atoms with Crippen LogP contribution in [-0.4, -0.2) is 37.6 Å². The van der Waals surface area contributed by atoms with Crippen LogP contribution in [0.4, 0.5) is 0 Å². The predicted octanol–water partition coefficient (Wildman–Crippen LogP) is 1.66. The molecule has 0 heterocycles. The van der Waals surface area contributed by atoms with E-state index in [1.54, 1.807) is 0 Å². The largest absolute Gasteiger partial charge is 0.391 e. The number of halogens is 1. The van der Waals surface area contributed by atoms with Gasteiger partial charge < -0.3 is 9.84 Å². The molecule has 1 fully saturated rings. The number of aliphatic hydroxyl groups excluding tert-OH is 1. The molecule has 1 rings (SSSR count). The lowest BCUT2D eigenvalue weighted by molar-refractivity contribution is 0.0301. The van der Waals surface area contributed by atoms with Crippen molar-refractivity contribution in [2.45, 2.75) is 49.9 Å². The van der Waals surface area contributed by atoms with Crippen molar-refractivity contribution in [3.63, 3.8) is 0 Å². The van der Waals surface area contributed by atoms with Crippen molar-refractivity contribution < 1.29 is 18.3 Å². The maximum absolute atomic E-state index is 11.2. The van der Waals surface area contributed by atoms with E-state index in [1.807, 2.05) is 0 Å². The van der Waals surface area contributed by atoms with Crippen molar-refractivity contribution >= 4 is 19.7 Å². The van der Waals surface area contributed by atoms with E-state index in [1.165, 1.54) is 0 Å². The molecule has 6 heteroatoms. The highest BCUT2D eigenvalue weighted by molar-refractivity contribution is 8.15. The minimum atomic E-state index is -3.56. The molecule has 0 amide bonds. The summed E-state index contributed by atoms with van der Waals surface area (Å²) in [4.78, 5) is 0. The van der Waals surface area contributed by atoms with E-state index >= 15 is 0 Å². The monoisotopic (exact) mass is 270 g/mol. The fraction of sp³-hybridized carbons (Fsp3) is 1.00. The molecule has 0 aliphatic heterocycles. The lowest BCUT2D eigenvalue weighted by Crippen LogP contribution is -2.28. The van der Waals surface area contributed by atoms with E-state index in [4.69, 9.17) is 15.4 Å². The minimum absolute atomic E-state index is 0.185. The Labute approximate surface area is 101 Å². The molecule has 1 aliphatic carbocycles. The van der Waals surface area contributed by atoms with Crippen LogP contribution in [0.1, 0.15) is 39.0 Å². The maximum atomic E-state index is 11.2. The van der Waals surface area contributed by atoms with Crippen LogP contribution in [0.25, 0.3) is 0 Å². The minimum Gasteiger partial charge on any atom is -0.391 e. The van der Waals surface area contributed by atoms with Crippen molar-refractivity contribution in [2.75, 3.05) is 13.2 Å². The standard InChI is InChI=1S/C10H19ClO4S/c1-2-3-6-15-8-9(12)7-10(4-5-10)16(11,13)14/h9,12H,2-8H2,1H3. The van der Waals surface area contributed by atoms with Gasteiger partial charge in [0.1, 0.15) is 0 Å². The Morgan fingerprint density at radius 2 is 2.12 bits per heavy atom. The summed E-state index contributed by atoms with van der Waals surface area (Å²) >= 11 is 0. The number of unbranched alkanes of at least 4 members (excludes halogenated alkanes) is 1. The molecule has 4 nitrogen and oxygen atoms in total. The van der Waals surface area contributed by atoms with Crippen LogP contribution in [0.15, 0.2) is 0 Å². The van der Waals surface area contributed by atoms with Gasteiger partial charge in [0.25, 0.3) is 0 Å².